The highest BCUT2D eigenvalue weighted by atomic mass is 16.1. The maximum Gasteiger partial charge on any atom is 0.224 e. The van der Waals surface area contributed by atoms with E-state index in [2.05, 4.69) is 78.1 Å². The summed E-state index contributed by atoms with van der Waals surface area (Å²) >= 11 is 0. The first-order chi connectivity index (χ1) is 14.8. The zero-order valence-electron chi connectivity index (χ0n) is 17.1. The van der Waals surface area contributed by atoms with Crippen LogP contribution in [0.1, 0.15) is 37.2 Å². The second kappa shape index (κ2) is 9.41. The van der Waals surface area contributed by atoms with Crippen LogP contribution in [0.5, 0.6) is 0 Å². The van der Waals surface area contributed by atoms with Crippen molar-refractivity contribution in [1.82, 2.24) is 5.32 Å². The summed E-state index contributed by atoms with van der Waals surface area (Å²) in [5.41, 5.74) is 6.02. The fourth-order valence-corrected chi connectivity index (χ4v) is 4.73. The van der Waals surface area contributed by atoms with Crippen molar-refractivity contribution >= 4 is 5.91 Å². The van der Waals surface area contributed by atoms with Gasteiger partial charge in [-0.05, 0) is 46.6 Å². The molecule has 1 fully saturated rings. The molecule has 4 rings (SSSR count). The second-order valence-electron chi connectivity index (χ2n) is 7.87. The molecule has 0 saturated heterocycles. The van der Waals surface area contributed by atoms with Crippen molar-refractivity contribution in [3.8, 4) is 28.3 Å². The maximum atomic E-state index is 12.8. The minimum absolute atomic E-state index is 0.00685. The van der Waals surface area contributed by atoms with Crippen LogP contribution in [-0.4, -0.2) is 12.5 Å². The smallest absolute Gasteiger partial charge is 0.224 e. The van der Waals surface area contributed by atoms with E-state index in [0.29, 0.717) is 0 Å². The summed E-state index contributed by atoms with van der Waals surface area (Å²) in [6.45, 7) is 0.0700. The largest absolute Gasteiger partial charge is 0.343 e. The number of carbonyl (C=O) groups is 1. The first-order valence-corrected chi connectivity index (χ1v) is 10.7. The zero-order valence-corrected chi connectivity index (χ0v) is 17.1. The quantitative estimate of drug-likeness (QED) is 0.545. The molecular formula is C27H26N2O. The molecule has 0 radical (unpaired) electrons. The van der Waals surface area contributed by atoms with Crippen LogP contribution in [0.4, 0.5) is 0 Å². The lowest BCUT2D eigenvalue weighted by Crippen LogP contribution is -2.36. The first kappa shape index (κ1) is 19.9. The molecule has 2 atom stereocenters. The summed E-state index contributed by atoms with van der Waals surface area (Å²) < 4.78 is 0. The lowest BCUT2D eigenvalue weighted by atomic mass is 9.72. The van der Waals surface area contributed by atoms with Crippen molar-refractivity contribution in [2.45, 2.75) is 31.6 Å². The van der Waals surface area contributed by atoms with Crippen LogP contribution in [0.25, 0.3) is 22.3 Å². The number of hydrogen-bond donors (Lipinski definition) is 1. The van der Waals surface area contributed by atoms with Crippen molar-refractivity contribution in [2.24, 2.45) is 5.92 Å². The van der Waals surface area contributed by atoms with E-state index >= 15 is 0 Å². The van der Waals surface area contributed by atoms with Crippen molar-refractivity contribution in [3.05, 3.63) is 84.4 Å². The van der Waals surface area contributed by atoms with E-state index in [0.717, 1.165) is 25.7 Å². The van der Waals surface area contributed by atoms with E-state index in [1.54, 1.807) is 0 Å². The van der Waals surface area contributed by atoms with Gasteiger partial charge in [0.2, 0.25) is 5.91 Å². The monoisotopic (exact) mass is 394 g/mol. The molecule has 0 heterocycles. The number of rotatable bonds is 5. The highest BCUT2D eigenvalue weighted by Crippen LogP contribution is 2.43. The lowest BCUT2D eigenvalue weighted by Gasteiger charge is -2.32. The molecule has 1 saturated carbocycles. The maximum absolute atomic E-state index is 12.8. The molecule has 1 aliphatic rings. The molecule has 30 heavy (non-hydrogen) atoms. The van der Waals surface area contributed by atoms with Gasteiger partial charge < -0.3 is 5.32 Å². The number of nitrogens with zero attached hydrogens (tertiary/aromatic N) is 1. The number of benzene rings is 3. The van der Waals surface area contributed by atoms with Crippen LogP contribution in [0.3, 0.4) is 0 Å². The minimum Gasteiger partial charge on any atom is -0.343 e. The summed E-state index contributed by atoms with van der Waals surface area (Å²) in [5.74, 6) is 0.0852. The minimum atomic E-state index is -0.0860. The molecule has 0 aromatic heterocycles. The fourth-order valence-electron chi connectivity index (χ4n) is 4.73. The van der Waals surface area contributed by atoms with Crippen LogP contribution >= 0.6 is 0 Å². The number of nitrogens with one attached hydrogen (secondary N) is 1. The number of nitriles is 1. The Morgan fingerprint density at radius 2 is 1.47 bits per heavy atom. The Morgan fingerprint density at radius 1 is 0.833 bits per heavy atom. The molecule has 0 spiro atoms. The highest BCUT2D eigenvalue weighted by Gasteiger charge is 2.33. The topological polar surface area (TPSA) is 52.9 Å². The summed E-state index contributed by atoms with van der Waals surface area (Å²) in [4.78, 5) is 12.8. The lowest BCUT2D eigenvalue weighted by molar-refractivity contribution is -0.126. The van der Waals surface area contributed by atoms with Crippen LogP contribution in [0.15, 0.2) is 78.9 Å². The normalized spacial score (nSPS) is 18.4. The van der Waals surface area contributed by atoms with Crippen molar-refractivity contribution < 1.29 is 4.79 Å². The van der Waals surface area contributed by atoms with Gasteiger partial charge in [0, 0.05) is 5.92 Å². The zero-order chi connectivity index (χ0) is 20.8. The number of amides is 1. The van der Waals surface area contributed by atoms with Gasteiger partial charge in [-0.15, -0.1) is 0 Å². The van der Waals surface area contributed by atoms with Gasteiger partial charge in [-0.2, -0.15) is 5.26 Å². The number of carbonyl (C=O) groups excluding carboxylic acids is 1. The van der Waals surface area contributed by atoms with Gasteiger partial charge >= 0.3 is 0 Å². The van der Waals surface area contributed by atoms with Gasteiger partial charge in [0.1, 0.15) is 6.54 Å². The molecule has 0 aliphatic heterocycles. The average Bonchev–Trinajstić information content (AvgIpc) is 2.83. The van der Waals surface area contributed by atoms with Crippen LogP contribution in [-0.2, 0) is 4.79 Å². The van der Waals surface area contributed by atoms with Crippen LogP contribution in [0, 0.1) is 17.2 Å². The Morgan fingerprint density at radius 3 is 2.23 bits per heavy atom. The molecule has 3 nitrogen and oxygen atoms in total. The summed E-state index contributed by atoms with van der Waals surface area (Å²) in [6.07, 6.45) is 4.05. The molecule has 3 aromatic rings. The summed E-state index contributed by atoms with van der Waals surface area (Å²) in [7, 11) is 0. The Hall–Kier alpha value is -3.38. The molecule has 3 aromatic carbocycles. The predicted octanol–water partition coefficient (Wildman–Crippen LogP) is 5.93. The molecule has 2 unspecified atom stereocenters. The fraction of sp³-hybridized carbons (Fsp3) is 0.259. The van der Waals surface area contributed by atoms with Gasteiger partial charge in [0.05, 0.1) is 6.07 Å². The standard InChI is InChI=1S/C27H26N2O/c28-18-19-29-27(30)26-17-9-8-16-25(26)24-15-7-6-14-23(24)22-13-5-4-12-21(22)20-10-2-1-3-11-20/h1-7,10-15,25-26H,8-9,16-17,19H2,(H,29,30). The van der Waals surface area contributed by atoms with Gasteiger partial charge in [0.15, 0.2) is 0 Å². The molecule has 150 valence electrons. The summed E-state index contributed by atoms with van der Waals surface area (Å²) in [6, 6.07) is 29.5. The molecule has 1 aliphatic carbocycles. The van der Waals surface area contributed by atoms with Crippen molar-refractivity contribution in [1.29, 1.82) is 5.26 Å². The van der Waals surface area contributed by atoms with Gasteiger partial charge in [-0.25, -0.2) is 0 Å². The van der Waals surface area contributed by atoms with E-state index in [9.17, 15) is 4.79 Å². The Bertz CT molecular complexity index is 1050. The predicted molar refractivity (Wildman–Crippen MR) is 121 cm³/mol. The third-order valence-electron chi connectivity index (χ3n) is 6.11. The molecule has 1 N–H and O–H groups in total. The van der Waals surface area contributed by atoms with Gasteiger partial charge in [-0.1, -0.05) is 91.7 Å². The van der Waals surface area contributed by atoms with Gasteiger partial charge in [-0.3, -0.25) is 4.79 Å². The van der Waals surface area contributed by atoms with Crippen molar-refractivity contribution in [3.63, 3.8) is 0 Å². The van der Waals surface area contributed by atoms with E-state index in [4.69, 9.17) is 5.26 Å². The molecule has 1 amide bonds. The van der Waals surface area contributed by atoms with E-state index < -0.39 is 0 Å². The SMILES string of the molecule is N#CCNC(=O)C1CCCCC1c1ccccc1-c1ccccc1-c1ccccc1. The molecule has 3 heteroatoms. The van der Waals surface area contributed by atoms with E-state index in [-0.39, 0.29) is 24.3 Å². The highest BCUT2D eigenvalue weighted by molar-refractivity contribution is 5.86. The first-order valence-electron chi connectivity index (χ1n) is 10.7. The second-order valence-corrected chi connectivity index (χ2v) is 7.87. The number of hydrogen-bond acceptors (Lipinski definition) is 2. The Kier molecular flexibility index (Phi) is 6.25. The third kappa shape index (κ3) is 4.14. The van der Waals surface area contributed by atoms with Crippen LogP contribution < -0.4 is 5.32 Å². The third-order valence-corrected chi connectivity index (χ3v) is 6.11. The van der Waals surface area contributed by atoms with Crippen molar-refractivity contribution in [2.75, 3.05) is 6.54 Å². The van der Waals surface area contributed by atoms with Crippen LogP contribution in [0.2, 0.25) is 0 Å². The van der Waals surface area contributed by atoms with Gasteiger partial charge in [0.25, 0.3) is 0 Å². The molecule has 0 bridgehead atoms. The van der Waals surface area contributed by atoms with E-state index in [1.807, 2.05) is 12.1 Å². The van der Waals surface area contributed by atoms with E-state index in [1.165, 1.54) is 27.8 Å². The average molecular weight is 395 g/mol. The Labute approximate surface area is 178 Å². The Balaban J connectivity index is 1.77. The molecular weight excluding hydrogens is 368 g/mol. The summed E-state index contributed by atoms with van der Waals surface area (Å²) in [5, 5.41) is 11.7.